The van der Waals surface area contributed by atoms with E-state index in [0.717, 1.165) is 16.7 Å². The predicted molar refractivity (Wildman–Crippen MR) is 69.4 cm³/mol. The van der Waals surface area contributed by atoms with Gasteiger partial charge in [0.25, 0.3) is 0 Å². The lowest BCUT2D eigenvalue weighted by molar-refractivity contribution is 0.0606. The minimum absolute atomic E-state index is 0.167. The molecule has 1 heterocycles. The maximum absolute atomic E-state index is 5.63. The van der Waals surface area contributed by atoms with Crippen molar-refractivity contribution in [3.05, 3.63) is 28.5 Å². The largest absolute Gasteiger partial charge is 0.377 e. The van der Waals surface area contributed by atoms with Crippen LogP contribution in [0.2, 0.25) is 0 Å². The van der Waals surface area contributed by atoms with E-state index in [0.29, 0.717) is 6.61 Å². The Balaban J connectivity index is 2.64. The molecule has 0 aromatic carbocycles. The van der Waals surface area contributed by atoms with Gasteiger partial charge < -0.3 is 10.1 Å². The van der Waals surface area contributed by atoms with Crippen molar-refractivity contribution >= 4 is 15.9 Å². The molecule has 0 aliphatic rings. The average Bonchev–Trinajstić information content (AvgIpc) is 2.25. The van der Waals surface area contributed by atoms with Crippen LogP contribution >= 0.6 is 15.9 Å². The molecule has 0 spiro atoms. The topological polar surface area (TPSA) is 34.1 Å². The number of pyridine rings is 1. The quantitative estimate of drug-likeness (QED) is 0.873. The highest BCUT2D eigenvalue weighted by molar-refractivity contribution is 9.10. The second-order valence-electron chi connectivity index (χ2n) is 3.89. The van der Waals surface area contributed by atoms with Crippen LogP contribution < -0.4 is 5.32 Å². The van der Waals surface area contributed by atoms with Crippen molar-refractivity contribution in [1.29, 1.82) is 0 Å². The Labute approximate surface area is 106 Å². The summed E-state index contributed by atoms with van der Waals surface area (Å²) >= 11 is 3.38. The molecule has 0 fully saturated rings. The molecule has 1 aromatic rings. The fraction of sp³-hybridized carbons (Fsp3) is 0.583. The molecule has 0 saturated carbocycles. The zero-order valence-electron chi connectivity index (χ0n) is 10.0. The van der Waals surface area contributed by atoms with E-state index in [1.165, 1.54) is 0 Å². The van der Waals surface area contributed by atoms with Crippen molar-refractivity contribution in [3.8, 4) is 0 Å². The van der Waals surface area contributed by atoms with E-state index in [1.807, 2.05) is 32.2 Å². The number of aromatic nitrogens is 1. The number of ether oxygens (including phenoxy) is 1. The van der Waals surface area contributed by atoms with Crippen molar-refractivity contribution in [2.45, 2.75) is 32.9 Å². The van der Waals surface area contributed by atoms with Crippen LogP contribution in [0.1, 0.15) is 32.5 Å². The molecule has 0 radical (unpaired) electrons. The first kappa shape index (κ1) is 13.6. The first-order valence-corrected chi connectivity index (χ1v) is 6.39. The lowest BCUT2D eigenvalue weighted by atomic mass is 10.2. The normalized spacial score (nSPS) is 13.1. The number of rotatable bonds is 6. The van der Waals surface area contributed by atoms with E-state index >= 15 is 0 Å². The summed E-state index contributed by atoms with van der Waals surface area (Å²) in [6.45, 7) is 7.72. The second-order valence-corrected chi connectivity index (χ2v) is 4.81. The van der Waals surface area contributed by atoms with E-state index in [4.69, 9.17) is 4.74 Å². The fourth-order valence-corrected chi connectivity index (χ4v) is 1.61. The third-order valence-electron chi connectivity index (χ3n) is 2.15. The Bertz CT molecular complexity index is 300. The van der Waals surface area contributed by atoms with Gasteiger partial charge in [-0.15, -0.1) is 0 Å². The van der Waals surface area contributed by atoms with Crippen LogP contribution in [0.5, 0.6) is 0 Å². The molecule has 1 rings (SSSR count). The molecule has 0 aliphatic heterocycles. The van der Waals surface area contributed by atoms with Crippen LogP contribution in [-0.2, 0) is 4.74 Å². The van der Waals surface area contributed by atoms with Gasteiger partial charge in [-0.3, -0.25) is 4.98 Å². The van der Waals surface area contributed by atoms with Gasteiger partial charge in [-0.1, -0.05) is 6.92 Å². The van der Waals surface area contributed by atoms with Crippen LogP contribution in [0.4, 0.5) is 0 Å². The van der Waals surface area contributed by atoms with Gasteiger partial charge in [0.05, 0.1) is 24.4 Å². The highest BCUT2D eigenvalue weighted by Crippen LogP contribution is 2.14. The average molecular weight is 287 g/mol. The van der Waals surface area contributed by atoms with Crippen molar-refractivity contribution < 1.29 is 4.74 Å². The number of nitrogens with one attached hydrogen (secondary N) is 1. The number of nitrogens with zero attached hydrogens (tertiary/aromatic N) is 1. The molecule has 1 unspecified atom stereocenters. The molecule has 16 heavy (non-hydrogen) atoms. The monoisotopic (exact) mass is 286 g/mol. The standard InChI is InChI=1S/C12H19BrN2O/c1-4-14-12(8-16-9(2)3)11-6-5-10(13)7-15-11/h5-7,9,12,14H,4,8H2,1-3H3. The summed E-state index contributed by atoms with van der Waals surface area (Å²) in [5, 5.41) is 3.37. The first-order valence-electron chi connectivity index (χ1n) is 5.60. The summed E-state index contributed by atoms with van der Waals surface area (Å²) in [6, 6.07) is 4.18. The molecule has 0 amide bonds. The van der Waals surface area contributed by atoms with E-state index in [2.05, 4.69) is 33.2 Å². The van der Waals surface area contributed by atoms with E-state index in [-0.39, 0.29) is 12.1 Å². The molecule has 90 valence electrons. The molecule has 0 bridgehead atoms. The van der Waals surface area contributed by atoms with Gasteiger partial charge in [0.15, 0.2) is 0 Å². The van der Waals surface area contributed by atoms with Crippen LogP contribution in [0, 0.1) is 0 Å². The lowest BCUT2D eigenvalue weighted by Crippen LogP contribution is -2.27. The van der Waals surface area contributed by atoms with Crippen molar-refractivity contribution in [2.75, 3.05) is 13.2 Å². The van der Waals surface area contributed by atoms with Gasteiger partial charge in [0.2, 0.25) is 0 Å². The summed E-state index contributed by atoms with van der Waals surface area (Å²) in [4.78, 5) is 4.39. The Morgan fingerprint density at radius 3 is 2.69 bits per heavy atom. The van der Waals surface area contributed by atoms with Gasteiger partial charge >= 0.3 is 0 Å². The summed E-state index contributed by atoms with van der Waals surface area (Å²) in [5.74, 6) is 0. The molecule has 1 atom stereocenters. The fourth-order valence-electron chi connectivity index (χ4n) is 1.38. The smallest absolute Gasteiger partial charge is 0.0732 e. The predicted octanol–water partition coefficient (Wildman–Crippen LogP) is 2.92. The van der Waals surface area contributed by atoms with Crippen LogP contribution in [0.25, 0.3) is 0 Å². The molecule has 1 aromatic heterocycles. The van der Waals surface area contributed by atoms with Gasteiger partial charge in [-0.05, 0) is 48.5 Å². The Morgan fingerprint density at radius 2 is 2.19 bits per heavy atom. The Kier molecular flexibility index (Phi) is 5.95. The lowest BCUT2D eigenvalue weighted by Gasteiger charge is -2.19. The molecule has 0 aliphatic carbocycles. The third kappa shape index (κ3) is 4.60. The Morgan fingerprint density at radius 1 is 1.44 bits per heavy atom. The molecular weight excluding hydrogens is 268 g/mol. The number of hydrogen-bond acceptors (Lipinski definition) is 3. The maximum Gasteiger partial charge on any atom is 0.0732 e. The highest BCUT2D eigenvalue weighted by atomic mass is 79.9. The molecule has 1 N–H and O–H groups in total. The molecule has 3 nitrogen and oxygen atoms in total. The number of likely N-dealkylation sites (N-methyl/N-ethyl adjacent to an activating group) is 1. The number of halogens is 1. The minimum atomic E-state index is 0.167. The zero-order valence-corrected chi connectivity index (χ0v) is 11.6. The summed E-state index contributed by atoms with van der Waals surface area (Å²) in [5.41, 5.74) is 1.02. The third-order valence-corrected chi connectivity index (χ3v) is 2.62. The Hall–Kier alpha value is -0.450. The minimum Gasteiger partial charge on any atom is -0.377 e. The summed E-state index contributed by atoms with van der Waals surface area (Å²) < 4.78 is 6.62. The van der Waals surface area contributed by atoms with Crippen molar-refractivity contribution in [1.82, 2.24) is 10.3 Å². The van der Waals surface area contributed by atoms with Gasteiger partial charge in [0.1, 0.15) is 0 Å². The molecular formula is C12H19BrN2O. The SMILES string of the molecule is CCNC(COC(C)C)c1ccc(Br)cn1. The van der Waals surface area contributed by atoms with Gasteiger partial charge in [-0.25, -0.2) is 0 Å². The second kappa shape index (κ2) is 6.99. The molecule has 4 heteroatoms. The van der Waals surface area contributed by atoms with Crippen LogP contribution in [-0.4, -0.2) is 24.2 Å². The van der Waals surface area contributed by atoms with Crippen LogP contribution in [0.15, 0.2) is 22.8 Å². The number of hydrogen-bond donors (Lipinski definition) is 1. The van der Waals surface area contributed by atoms with Gasteiger partial charge in [-0.2, -0.15) is 0 Å². The first-order chi connectivity index (χ1) is 7.63. The van der Waals surface area contributed by atoms with Gasteiger partial charge in [0, 0.05) is 10.7 Å². The van der Waals surface area contributed by atoms with Crippen LogP contribution in [0.3, 0.4) is 0 Å². The van der Waals surface area contributed by atoms with Crippen molar-refractivity contribution in [3.63, 3.8) is 0 Å². The summed E-state index contributed by atoms with van der Waals surface area (Å²) in [6.07, 6.45) is 2.06. The van der Waals surface area contributed by atoms with Crippen molar-refractivity contribution in [2.24, 2.45) is 0 Å². The maximum atomic E-state index is 5.63. The molecule has 0 saturated heterocycles. The van der Waals surface area contributed by atoms with E-state index in [1.54, 1.807) is 0 Å². The van der Waals surface area contributed by atoms with E-state index in [9.17, 15) is 0 Å². The zero-order chi connectivity index (χ0) is 12.0. The van der Waals surface area contributed by atoms with E-state index < -0.39 is 0 Å². The highest BCUT2D eigenvalue weighted by Gasteiger charge is 2.12. The summed E-state index contributed by atoms with van der Waals surface area (Å²) in [7, 11) is 0.